The van der Waals surface area contributed by atoms with Gasteiger partial charge in [0.15, 0.2) is 0 Å². The van der Waals surface area contributed by atoms with Gasteiger partial charge in [0.2, 0.25) is 0 Å². The molecule has 0 aromatic carbocycles. The zero-order valence-corrected chi connectivity index (χ0v) is 10.4. The largest absolute Gasteiger partial charge is 0.385 e. The van der Waals surface area contributed by atoms with E-state index in [1.165, 1.54) is 0 Å². The number of rotatable bonds is 10. The predicted octanol–water partition coefficient (Wildman–Crippen LogP) is 0.709. The molecule has 0 aliphatic carbocycles. The summed E-state index contributed by atoms with van der Waals surface area (Å²) in [5.74, 6) is 0. The van der Waals surface area contributed by atoms with Gasteiger partial charge in [0.25, 0.3) is 0 Å². The first-order valence-corrected chi connectivity index (χ1v) is 5.72. The van der Waals surface area contributed by atoms with Crippen molar-refractivity contribution < 1.29 is 9.47 Å². The molecule has 0 spiro atoms. The summed E-state index contributed by atoms with van der Waals surface area (Å²) in [7, 11) is 3.47. The lowest BCUT2D eigenvalue weighted by Gasteiger charge is -2.29. The fourth-order valence-corrected chi connectivity index (χ4v) is 1.67. The lowest BCUT2D eigenvalue weighted by atomic mass is 10.2. The molecular weight excluding hydrogens is 192 g/mol. The molecule has 0 amide bonds. The van der Waals surface area contributed by atoms with E-state index in [-0.39, 0.29) is 0 Å². The summed E-state index contributed by atoms with van der Waals surface area (Å²) >= 11 is 0. The number of ether oxygens (including phenoxy) is 2. The maximum atomic E-state index is 5.75. The zero-order chi connectivity index (χ0) is 11.5. The van der Waals surface area contributed by atoms with Gasteiger partial charge in [-0.15, -0.1) is 0 Å². The highest BCUT2D eigenvalue weighted by atomic mass is 16.5. The third-order valence-corrected chi connectivity index (χ3v) is 2.64. The Morgan fingerprint density at radius 2 is 1.80 bits per heavy atom. The van der Waals surface area contributed by atoms with E-state index in [0.717, 1.165) is 39.1 Å². The van der Waals surface area contributed by atoms with Crippen LogP contribution >= 0.6 is 0 Å². The van der Waals surface area contributed by atoms with Gasteiger partial charge < -0.3 is 15.2 Å². The lowest BCUT2D eigenvalue weighted by Crippen LogP contribution is -2.42. The topological polar surface area (TPSA) is 47.7 Å². The van der Waals surface area contributed by atoms with Gasteiger partial charge in [0, 0.05) is 46.5 Å². The van der Waals surface area contributed by atoms with Crippen LogP contribution in [0.15, 0.2) is 0 Å². The molecule has 0 aromatic rings. The molecule has 1 unspecified atom stereocenters. The lowest BCUT2D eigenvalue weighted by molar-refractivity contribution is 0.106. The van der Waals surface area contributed by atoms with E-state index in [2.05, 4.69) is 11.8 Å². The van der Waals surface area contributed by atoms with Crippen LogP contribution in [0.25, 0.3) is 0 Å². The van der Waals surface area contributed by atoms with Gasteiger partial charge in [-0.1, -0.05) is 6.92 Å². The summed E-state index contributed by atoms with van der Waals surface area (Å²) in [6, 6.07) is 0.469. The summed E-state index contributed by atoms with van der Waals surface area (Å²) < 4.78 is 10.2. The van der Waals surface area contributed by atoms with Gasteiger partial charge >= 0.3 is 0 Å². The molecule has 15 heavy (non-hydrogen) atoms. The molecule has 92 valence electrons. The molecule has 0 aromatic heterocycles. The van der Waals surface area contributed by atoms with Gasteiger partial charge in [0.1, 0.15) is 0 Å². The van der Waals surface area contributed by atoms with Crippen LogP contribution in [0.2, 0.25) is 0 Å². The van der Waals surface area contributed by atoms with E-state index < -0.39 is 0 Å². The van der Waals surface area contributed by atoms with Gasteiger partial charge in [0.05, 0.1) is 6.61 Å². The van der Waals surface area contributed by atoms with Crippen molar-refractivity contribution in [1.82, 2.24) is 4.90 Å². The monoisotopic (exact) mass is 218 g/mol. The average molecular weight is 218 g/mol. The van der Waals surface area contributed by atoms with E-state index in [4.69, 9.17) is 15.2 Å². The normalized spacial score (nSPS) is 13.4. The Morgan fingerprint density at radius 1 is 1.13 bits per heavy atom. The second-order valence-corrected chi connectivity index (χ2v) is 3.67. The van der Waals surface area contributed by atoms with Gasteiger partial charge in [-0.05, 0) is 12.8 Å². The quantitative estimate of drug-likeness (QED) is 0.549. The van der Waals surface area contributed by atoms with Crippen molar-refractivity contribution in [2.24, 2.45) is 5.73 Å². The number of methoxy groups -OCH3 is 2. The minimum Gasteiger partial charge on any atom is -0.385 e. The van der Waals surface area contributed by atoms with Crippen molar-refractivity contribution in [3.05, 3.63) is 0 Å². The van der Waals surface area contributed by atoms with Crippen molar-refractivity contribution in [1.29, 1.82) is 0 Å². The summed E-state index contributed by atoms with van der Waals surface area (Å²) in [5, 5.41) is 0. The van der Waals surface area contributed by atoms with E-state index in [0.29, 0.717) is 12.6 Å². The van der Waals surface area contributed by atoms with Crippen molar-refractivity contribution in [3.63, 3.8) is 0 Å². The molecule has 4 heteroatoms. The van der Waals surface area contributed by atoms with E-state index in [9.17, 15) is 0 Å². The highest BCUT2D eigenvalue weighted by Gasteiger charge is 2.14. The second kappa shape index (κ2) is 10.4. The molecular formula is C11H26N2O2. The number of hydrogen-bond acceptors (Lipinski definition) is 4. The van der Waals surface area contributed by atoms with E-state index in [1.807, 2.05) is 0 Å². The highest BCUT2D eigenvalue weighted by molar-refractivity contribution is 4.71. The first kappa shape index (κ1) is 14.8. The molecule has 0 radical (unpaired) electrons. The molecule has 2 N–H and O–H groups in total. The third kappa shape index (κ3) is 6.84. The average Bonchev–Trinajstić information content (AvgIpc) is 2.26. The van der Waals surface area contributed by atoms with Gasteiger partial charge in [-0.2, -0.15) is 0 Å². The molecule has 0 aliphatic heterocycles. The van der Waals surface area contributed by atoms with E-state index >= 15 is 0 Å². The molecule has 0 aliphatic rings. The van der Waals surface area contributed by atoms with Crippen LogP contribution in [0.5, 0.6) is 0 Å². The fourth-order valence-electron chi connectivity index (χ4n) is 1.67. The minimum absolute atomic E-state index is 0.469. The third-order valence-electron chi connectivity index (χ3n) is 2.64. The van der Waals surface area contributed by atoms with Gasteiger partial charge in [-0.3, -0.25) is 4.90 Å². The Balaban J connectivity index is 3.91. The Bertz CT molecular complexity index is 130. The van der Waals surface area contributed by atoms with Crippen LogP contribution in [-0.2, 0) is 9.47 Å². The van der Waals surface area contributed by atoms with Crippen molar-refractivity contribution >= 4 is 0 Å². The molecule has 1 atom stereocenters. The molecule has 0 saturated carbocycles. The Labute approximate surface area is 93.7 Å². The minimum atomic E-state index is 0.469. The molecule has 0 bridgehead atoms. The van der Waals surface area contributed by atoms with Crippen LogP contribution in [-0.4, -0.2) is 58.0 Å². The van der Waals surface area contributed by atoms with E-state index in [1.54, 1.807) is 14.2 Å². The molecule has 0 rings (SSSR count). The smallest absolute Gasteiger partial charge is 0.0589 e. The maximum absolute atomic E-state index is 5.75. The van der Waals surface area contributed by atoms with Crippen molar-refractivity contribution in [2.75, 3.05) is 47.1 Å². The van der Waals surface area contributed by atoms with Crippen LogP contribution in [0.3, 0.4) is 0 Å². The van der Waals surface area contributed by atoms with Crippen LogP contribution in [0.1, 0.15) is 19.8 Å². The predicted molar refractivity (Wildman–Crippen MR) is 63.1 cm³/mol. The molecule has 4 nitrogen and oxygen atoms in total. The summed E-state index contributed by atoms with van der Waals surface area (Å²) in [4.78, 5) is 2.39. The number of nitrogens with zero attached hydrogens (tertiary/aromatic N) is 1. The van der Waals surface area contributed by atoms with Crippen LogP contribution in [0, 0.1) is 0 Å². The summed E-state index contributed by atoms with van der Waals surface area (Å²) in [6.45, 7) is 6.46. The molecule has 0 saturated heterocycles. The SMILES string of the molecule is CCC(CN)N(CCCOC)CCOC. The Hall–Kier alpha value is -0.160. The molecule has 0 heterocycles. The first-order valence-electron chi connectivity index (χ1n) is 5.72. The Morgan fingerprint density at radius 3 is 2.27 bits per heavy atom. The Kier molecular flexibility index (Phi) is 10.3. The number of hydrogen-bond donors (Lipinski definition) is 1. The maximum Gasteiger partial charge on any atom is 0.0589 e. The standard InChI is InChI=1S/C11H26N2O2/c1-4-11(10-12)13(7-9-15-3)6-5-8-14-2/h11H,4-10,12H2,1-3H3. The van der Waals surface area contributed by atoms with Crippen LogP contribution < -0.4 is 5.73 Å². The van der Waals surface area contributed by atoms with Crippen molar-refractivity contribution in [3.8, 4) is 0 Å². The highest BCUT2D eigenvalue weighted by Crippen LogP contribution is 2.04. The fraction of sp³-hybridized carbons (Fsp3) is 1.00. The second-order valence-electron chi connectivity index (χ2n) is 3.67. The van der Waals surface area contributed by atoms with Crippen LogP contribution in [0.4, 0.5) is 0 Å². The van der Waals surface area contributed by atoms with Gasteiger partial charge in [-0.25, -0.2) is 0 Å². The number of nitrogens with two attached hydrogens (primary N) is 1. The molecule has 0 fully saturated rings. The zero-order valence-electron chi connectivity index (χ0n) is 10.4. The first-order chi connectivity index (χ1) is 7.29. The summed E-state index contributed by atoms with van der Waals surface area (Å²) in [6.07, 6.45) is 2.14. The summed E-state index contributed by atoms with van der Waals surface area (Å²) in [5.41, 5.74) is 5.75. The van der Waals surface area contributed by atoms with Crippen molar-refractivity contribution in [2.45, 2.75) is 25.8 Å².